The number of carbonyl (C=O) groups excluding carboxylic acids is 2. The van der Waals surface area contributed by atoms with E-state index in [2.05, 4.69) is 15.6 Å². The lowest BCUT2D eigenvalue weighted by Crippen LogP contribution is -2.27. The Bertz CT molecular complexity index is 862. The monoisotopic (exact) mass is 383 g/mol. The first kappa shape index (κ1) is 19.8. The number of ether oxygens (including phenoxy) is 1. The van der Waals surface area contributed by atoms with Crippen LogP contribution in [0.1, 0.15) is 51.9 Å². The van der Waals surface area contributed by atoms with Gasteiger partial charge >= 0.3 is 0 Å². The van der Waals surface area contributed by atoms with Gasteiger partial charge in [0.15, 0.2) is 0 Å². The van der Waals surface area contributed by atoms with Crippen LogP contribution in [0.25, 0.3) is 0 Å². The zero-order valence-electron chi connectivity index (χ0n) is 16.1. The molecule has 2 amide bonds. The fourth-order valence-electron chi connectivity index (χ4n) is 2.72. The van der Waals surface area contributed by atoms with E-state index >= 15 is 0 Å². The third-order valence-electron chi connectivity index (χ3n) is 4.29. The van der Waals surface area contributed by atoms with Crippen molar-refractivity contribution in [2.45, 2.75) is 38.3 Å². The number of hydrogen-bond acceptors (Lipinski definition) is 5. The van der Waals surface area contributed by atoms with Gasteiger partial charge in [-0.25, -0.2) is 4.98 Å². The molecule has 1 aliphatic rings. The summed E-state index contributed by atoms with van der Waals surface area (Å²) in [7, 11) is 1.53. The smallest absolute Gasteiger partial charge is 0.269 e. The van der Waals surface area contributed by atoms with E-state index in [9.17, 15) is 14.7 Å². The fraction of sp³-hybridized carbons (Fsp3) is 0.381. The van der Waals surface area contributed by atoms with Crippen molar-refractivity contribution in [1.29, 1.82) is 0 Å². The molecule has 3 rings (SSSR count). The highest BCUT2D eigenvalue weighted by atomic mass is 16.5. The lowest BCUT2D eigenvalue weighted by Gasteiger charge is -2.11. The lowest BCUT2D eigenvalue weighted by molar-refractivity contribution is 0.0951. The largest absolute Gasteiger partial charge is 0.491 e. The molecule has 1 atom stereocenters. The number of aliphatic hydroxyl groups is 1. The van der Waals surface area contributed by atoms with Gasteiger partial charge < -0.3 is 20.5 Å². The van der Waals surface area contributed by atoms with Crippen LogP contribution in [0.4, 0.5) is 0 Å². The number of carbonyl (C=O) groups is 2. The van der Waals surface area contributed by atoms with Gasteiger partial charge in [0.25, 0.3) is 11.8 Å². The minimum absolute atomic E-state index is 0.190. The average molecular weight is 383 g/mol. The third-order valence-corrected chi connectivity index (χ3v) is 4.29. The first-order valence-corrected chi connectivity index (χ1v) is 9.38. The third kappa shape index (κ3) is 5.53. The van der Waals surface area contributed by atoms with Crippen molar-refractivity contribution in [3.8, 4) is 5.75 Å². The number of aromatic nitrogens is 1. The van der Waals surface area contributed by atoms with E-state index in [1.807, 2.05) is 24.3 Å². The van der Waals surface area contributed by atoms with Crippen molar-refractivity contribution < 1.29 is 19.4 Å². The number of hydrogen-bond donors (Lipinski definition) is 3. The van der Waals surface area contributed by atoms with Crippen LogP contribution in [0.5, 0.6) is 5.75 Å². The maximum atomic E-state index is 12.5. The number of rotatable bonds is 8. The number of amides is 2. The van der Waals surface area contributed by atoms with E-state index < -0.39 is 6.10 Å². The molecule has 0 spiro atoms. The standard InChI is InChI=1S/C21H25N3O4/c1-13(25)12-28-18-5-3-4-14(9-18)8-17-10-15(20(26)24-16-6-7-16)11-19(23-17)21(27)22-2/h3-5,9-11,13,16,25H,6-8,12H2,1-2H3,(H,22,27)(H,24,26)/t13-/m1/s1. The molecule has 1 aromatic heterocycles. The first-order chi connectivity index (χ1) is 13.4. The molecule has 1 saturated carbocycles. The predicted octanol–water partition coefficient (Wildman–Crippen LogP) is 1.68. The van der Waals surface area contributed by atoms with Crippen LogP contribution in [0.3, 0.4) is 0 Å². The van der Waals surface area contributed by atoms with Crippen molar-refractivity contribution in [2.75, 3.05) is 13.7 Å². The molecule has 1 aromatic carbocycles. The van der Waals surface area contributed by atoms with E-state index in [0.717, 1.165) is 18.4 Å². The molecule has 1 aliphatic carbocycles. The van der Waals surface area contributed by atoms with Crippen LogP contribution in [0.15, 0.2) is 36.4 Å². The van der Waals surface area contributed by atoms with Crippen molar-refractivity contribution in [2.24, 2.45) is 0 Å². The van der Waals surface area contributed by atoms with Crippen LogP contribution in [-0.2, 0) is 6.42 Å². The maximum absolute atomic E-state index is 12.5. The Hall–Kier alpha value is -2.93. The summed E-state index contributed by atoms with van der Waals surface area (Å²) in [5.74, 6) is 0.120. The summed E-state index contributed by atoms with van der Waals surface area (Å²) in [6.45, 7) is 1.87. The second-order valence-electron chi connectivity index (χ2n) is 7.04. The highest BCUT2D eigenvalue weighted by Gasteiger charge is 2.24. The molecule has 0 unspecified atom stereocenters. The normalized spacial score (nSPS) is 14.2. The van der Waals surface area contributed by atoms with E-state index in [4.69, 9.17) is 4.74 Å². The van der Waals surface area contributed by atoms with Crippen molar-refractivity contribution >= 4 is 11.8 Å². The van der Waals surface area contributed by atoms with Gasteiger partial charge in [0.2, 0.25) is 0 Å². The number of benzene rings is 1. The Morgan fingerprint density at radius 2 is 2.04 bits per heavy atom. The molecule has 2 aromatic rings. The van der Waals surface area contributed by atoms with Gasteiger partial charge in [0.1, 0.15) is 18.1 Å². The van der Waals surface area contributed by atoms with Crippen LogP contribution < -0.4 is 15.4 Å². The molecule has 0 aliphatic heterocycles. The summed E-state index contributed by atoms with van der Waals surface area (Å²) in [6.07, 6.45) is 1.87. The van der Waals surface area contributed by atoms with E-state index in [1.54, 1.807) is 13.0 Å². The molecule has 28 heavy (non-hydrogen) atoms. The van der Waals surface area contributed by atoms with Gasteiger partial charge in [-0.2, -0.15) is 0 Å². The molecule has 3 N–H and O–H groups in total. The summed E-state index contributed by atoms with van der Waals surface area (Å²) in [5.41, 5.74) is 2.19. The molecule has 0 radical (unpaired) electrons. The Kier molecular flexibility index (Phi) is 6.26. The van der Waals surface area contributed by atoms with Gasteiger partial charge in [-0.1, -0.05) is 12.1 Å². The van der Waals surface area contributed by atoms with Crippen LogP contribution in [0.2, 0.25) is 0 Å². The predicted molar refractivity (Wildman–Crippen MR) is 105 cm³/mol. The number of aliphatic hydroxyl groups excluding tert-OH is 1. The highest BCUT2D eigenvalue weighted by molar-refractivity contribution is 5.98. The van der Waals surface area contributed by atoms with Crippen LogP contribution in [0, 0.1) is 0 Å². The van der Waals surface area contributed by atoms with Gasteiger partial charge in [-0.3, -0.25) is 9.59 Å². The second-order valence-corrected chi connectivity index (χ2v) is 7.04. The lowest BCUT2D eigenvalue weighted by atomic mass is 10.1. The summed E-state index contributed by atoms with van der Waals surface area (Å²) in [4.78, 5) is 28.9. The Morgan fingerprint density at radius 3 is 2.71 bits per heavy atom. The van der Waals surface area contributed by atoms with Gasteiger partial charge in [0.05, 0.1) is 6.10 Å². The molecular formula is C21H25N3O4. The van der Waals surface area contributed by atoms with Crippen molar-refractivity contribution in [1.82, 2.24) is 15.6 Å². The molecule has 7 nitrogen and oxygen atoms in total. The van der Waals surface area contributed by atoms with E-state index in [-0.39, 0.29) is 30.2 Å². The van der Waals surface area contributed by atoms with Crippen molar-refractivity contribution in [3.05, 3.63) is 58.9 Å². The summed E-state index contributed by atoms with van der Waals surface area (Å²) >= 11 is 0. The van der Waals surface area contributed by atoms with Gasteiger partial charge in [0, 0.05) is 30.8 Å². The molecular weight excluding hydrogens is 358 g/mol. The fourth-order valence-corrected chi connectivity index (χ4v) is 2.72. The van der Waals surface area contributed by atoms with E-state index in [0.29, 0.717) is 23.4 Å². The number of pyridine rings is 1. The van der Waals surface area contributed by atoms with Gasteiger partial charge in [-0.15, -0.1) is 0 Å². The van der Waals surface area contributed by atoms with Crippen LogP contribution in [-0.4, -0.2) is 47.7 Å². The molecule has 148 valence electrons. The Morgan fingerprint density at radius 1 is 1.25 bits per heavy atom. The number of nitrogens with zero attached hydrogens (tertiary/aromatic N) is 1. The van der Waals surface area contributed by atoms with Crippen molar-refractivity contribution in [3.63, 3.8) is 0 Å². The summed E-state index contributed by atoms with van der Waals surface area (Å²) < 4.78 is 5.54. The average Bonchev–Trinajstić information content (AvgIpc) is 3.49. The zero-order chi connectivity index (χ0) is 20.1. The topological polar surface area (TPSA) is 101 Å². The quantitative estimate of drug-likeness (QED) is 0.644. The molecule has 1 heterocycles. The minimum Gasteiger partial charge on any atom is -0.491 e. The summed E-state index contributed by atoms with van der Waals surface area (Å²) in [5, 5.41) is 14.9. The second kappa shape index (κ2) is 8.84. The molecule has 7 heteroatoms. The summed E-state index contributed by atoms with van der Waals surface area (Å²) in [6, 6.07) is 10.9. The van der Waals surface area contributed by atoms with E-state index in [1.165, 1.54) is 13.1 Å². The van der Waals surface area contributed by atoms with Crippen LogP contribution >= 0.6 is 0 Å². The Balaban J connectivity index is 1.82. The first-order valence-electron chi connectivity index (χ1n) is 9.38. The highest BCUT2D eigenvalue weighted by Crippen LogP contribution is 2.21. The molecule has 0 bridgehead atoms. The molecule has 1 fully saturated rings. The SMILES string of the molecule is CNC(=O)c1cc(C(=O)NC2CC2)cc(Cc2cccc(OC[C@@H](C)O)c2)n1. The maximum Gasteiger partial charge on any atom is 0.269 e. The molecule has 0 saturated heterocycles. The Labute approximate surface area is 164 Å². The number of nitrogens with one attached hydrogen (secondary N) is 2. The zero-order valence-corrected chi connectivity index (χ0v) is 16.1. The van der Waals surface area contributed by atoms with Gasteiger partial charge in [-0.05, 0) is 49.6 Å². The minimum atomic E-state index is -0.554.